The Balaban J connectivity index is 1.52. The lowest BCUT2D eigenvalue weighted by Crippen LogP contribution is -2.55. The summed E-state index contributed by atoms with van der Waals surface area (Å²) < 4.78 is 23.7. The molecule has 0 bridgehead atoms. The molecule has 0 spiro atoms. The van der Waals surface area contributed by atoms with Crippen molar-refractivity contribution in [1.82, 2.24) is 24.6 Å². The van der Waals surface area contributed by atoms with Gasteiger partial charge in [0.05, 0.1) is 18.4 Å². The van der Waals surface area contributed by atoms with Crippen LogP contribution in [0.4, 0.5) is 5.95 Å². The number of ether oxygens (including phenoxy) is 3. The maximum Gasteiger partial charge on any atom is 0.305 e. The molecule has 4 rings (SSSR count). The Morgan fingerprint density at radius 1 is 1.30 bits per heavy atom. The van der Waals surface area contributed by atoms with E-state index in [1.165, 1.54) is 0 Å². The predicted octanol–water partition coefficient (Wildman–Crippen LogP) is 1.69. The van der Waals surface area contributed by atoms with Crippen LogP contribution in [0.3, 0.4) is 0 Å². The molecule has 7 N–H and O–H groups in total. The minimum absolute atomic E-state index is 0.0557. The fraction of sp³-hybridized carbons (Fsp3) is 0.435. The van der Waals surface area contributed by atoms with E-state index in [1.807, 2.05) is 6.07 Å². The third-order valence-corrected chi connectivity index (χ3v) is 7.90. The van der Waals surface area contributed by atoms with Gasteiger partial charge in [0.1, 0.15) is 29.8 Å². The molecule has 1 aliphatic rings. The molecule has 1 fully saturated rings. The number of aliphatic hydroxyl groups is 3. The van der Waals surface area contributed by atoms with Gasteiger partial charge in [-0.05, 0) is 51.6 Å². The van der Waals surface area contributed by atoms with Crippen LogP contribution in [-0.2, 0) is 31.7 Å². The van der Waals surface area contributed by atoms with Crippen LogP contribution in [0.5, 0.6) is 5.75 Å². The van der Waals surface area contributed by atoms with Crippen LogP contribution in [0.1, 0.15) is 27.7 Å². The van der Waals surface area contributed by atoms with Gasteiger partial charge in [-0.2, -0.15) is 9.97 Å². The normalized spacial score (nSPS) is 26.9. The molecular formula is C23H30ClN6O8PS. The molecule has 14 nitrogen and oxygen atoms in total. The predicted molar refractivity (Wildman–Crippen MR) is 148 cm³/mol. The van der Waals surface area contributed by atoms with Gasteiger partial charge in [0.15, 0.2) is 16.4 Å². The fourth-order valence-corrected chi connectivity index (χ4v) is 5.68. The number of imidazole rings is 1. The van der Waals surface area contributed by atoms with E-state index in [4.69, 9.17) is 47.9 Å². The second kappa shape index (κ2) is 11.4. The molecule has 0 aliphatic carbocycles. The van der Waals surface area contributed by atoms with Gasteiger partial charge in [-0.3, -0.25) is 4.57 Å². The lowest BCUT2D eigenvalue weighted by molar-refractivity contribution is -0.317. The molecule has 3 heterocycles. The van der Waals surface area contributed by atoms with Crippen LogP contribution in [0.2, 0.25) is 5.15 Å². The molecule has 5 atom stereocenters. The zero-order chi connectivity index (χ0) is 29.5. The first-order valence-electron chi connectivity index (χ1n) is 12.0. The molecule has 218 valence electrons. The topological polar surface area (TPSA) is 199 Å². The highest BCUT2D eigenvalue weighted by Crippen LogP contribution is 2.46. The number of nitrogens with one attached hydrogen (secondary N) is 1. The molecule has 17 heteroatoms. The SMILES string of the molecule is CC(NP(O)(=S)OC[C@H]1O[C@](O)(n2cnc3c(Cl)nc(N)nc32)[C@](C)(O)[C@@H]1O)=C(Oc1ccccc1)OC(C)C. The van der Waals surface area contributed by atoms with E-state index in [0.717, 1.165) is 17.8 Å². The van der Waals surface area contributed by atoms with E-state index in [0.29, 0.717) is 5.75 Å². The Hall–Kier alpha value is -2.59. The molecule has 1 aliphatic heterocycles. The number of benzene rings is 1. The van der Waals surface area contributed by atoms with Crippen LogP contribution in [0.15, 0.2) is 48.3 Å². The monoisotopic (exact) mass is 616 g/mol. The molecule has 0 saturated carbocycles. The summed E-state index contributed by atoms with van der Waals surface area (Å²) >= 11 is 11.3. The zero-order valence-electron chi connectivity index (χ0n) is 21.9. The highest BCUT2D eigenvalue weighted by molar-refractivity contribution is 8.08. The van der Waals surface area contributed by atoms with Crippen molar-refractivity contribution in [1.29, 1.82) is 0 Å². The van der Waals surface area contributed by atoms with Gasteiger partial charge in [-0.25, -0.2) is 4.98 Å². The number of aromatic nitrogens is 4. The molecule has 1 aromatic carbocycles. The highest BCUT2D eigenvalue weighted by Gasteiger charge is 2.64. The van der Waals surface area contributed by atoms with E-state index in [-0.39, 0.29) is 40.0 Å². The quantitative estimate of drug-likeness (QED) is 0.109. The minimum Gasteiger partial charge on any atom is -0.461 e. The number of halogens is 1. The van der Waals surface area contributed by atoms with Crippen molar-refractivity contribution in [2.75, 3.05) is 12.3 Å². The fourth-order valence-electron chi connectivity index (χ4n) is 3.94. The van der Waals surface area contributed by atoms with Crippen LogP contribution < -0.4 is 15.6 Å². The Morgan fingerprint density at radius 3 is 2.62 bits per heavy atom. The summed E-state index contributed by atoms with van der Waals surface area (Å²) in [6, 6.07) is 8.86. The van der Waals surface area contributed by atoms with Crippen LogP contribution in [0.25, 0.3) is 11.2 Å². The van der Waals surface area contributed by atoms with Crippen molar-refractivity contribution in [2.24, 2.45) is 0 Å². The average Bonchev–Trinajstić information content (AvgIpc) is 3.36. The second-order valence-electron chi connectivity index (χ2n) is 9.44. The van der Waals surface area contributed by atoms with Gasteiger partial charge in [0.2, 0.25) is 5.95 Å². The largest absolute Gasteiger partial charge is 0.461 e. The average molecular weight is 617 g/mol. The number of para-hydroxylation sites is 1. The van der Waals surface area contributed by atoms with E-state index in [1.54, 1.807) is 45.0 Å². The summed E-state index contributed by atoms with van der Waals surface area (Å²) in [7, 11) is 0. The molecule has 40 heavy (non-hydrogen) atoms. The number of hydrogen-bond donors (Lipinski definition) is 6. The van der Waals surface area contributed by atoms with Crippen molar-refractivity contribution < 1.29 is 38.9 Å². The van der Waals surface area contributed by atoms with Crippen LogP contribution in [-0.4, -0.2) is 70.3 Å². The first-order chi connectivity index (χ1) is 18.6. The summed E-state index contributed by atoms with van der Waals surface area (Å²) in [6.45, 7) is 2.01. The van der Waals surface area contributed by atoms with Gasteiger partial charge in [-0.1, -0.05) is 29.8 Å². The lowest BCUT2D eigenvalue weighted by Gasteiger charge is -2.34. The first kappa shape index (κ1) is 30.4. The smallest absolute Gasteiger partial charge is 0.305 e. The van der Waals surface area contributed by atoms with Gasteiger partial charge >= 0.3 is 5.95 Å². The maximum atomic E-state index is 11.4. The van der Waals surface area contributed by atoms with Crippen molar-refractivity contribution in [3.8, 4) is 5.75 Å². The van der Waals surface area contributed by atoms with Crippen molar-refractivity contribution >= 4 is 47.2 Å². The number of allylic oxidation sites excluding steroid dienone is 1. The Bertz CT molecular complexity index is 1460. The van der Waals surface area contributed by atoms with Gasteiger partial charge in [0.25, 0.3) is 12.6 Å². The third kappa shape index (κ3) is 6.03. The first-order valence-corrected chi connectivity index (χ1v) is 15.0. The second-order valence-corrected chi connectivity index (χ2v) is 12.8. The number of nitrogens with two attached hydrogens (primary N) is 1. The Labute approximate surface area is 239 Å². The van der Waals surface area contributed by atoms with Gasteiger partial charge < -0.3 is 49.8 Å². The number of nitrogen functional groups attached to an aromatic ring is 1. The summed E-state index contributed by atoms with van der Waals surface area (Å²) in [5, 5.41) is 36.0. The number of rotatable bonds is 10. The number of anilines is 1. The highest BCUT2D eigenvalue weighted by atomic mass is 35.5. The Kier molecular flexibility index (Phi) is 8.62. The number of aliphatic hydroxyl groups excluding tert-OH is 1. The maximum absolute atomic E-state index is 11.4. The summed E-state index contributed by atoms with van der Waals surface area (Å²) in [5.74, 6) is -2.25. The molecule has 1 unspecified atom stereocenters. The van der Waals surface area contributed by atoms with Gasteiger partial charge in [-0.15, -0.1) is 0 Å². The van der Waals surface area contributed by atoms with Gasteiger partial charge in [0, 0.05) is 0 Å². The molecular weight excluding hydrogens is 587 g/mol. The number of hydrogen-bond acceptors (Lipinski definition) is 12. The summed E-state index contributed by atoms with van der Waals surface area (Å²) in [6.07, 6.45) is -2.23. The number of nitrogens with zero attached hydrogens (tertiary/aromatic N) is 4. The van der Waals surface area contributed by atoms with E-state index in [2.05, 4.69) is 20.0 Å². The van der Waals surface area contributed by atoms with E-state index < -0.39 is 37.0 Å². The molecule has 2 aromatic heterocycles. The van der Waals surface area contributed by atoms with Crippen LogP contribution in [0, 0.1) is 0 Å². The Morgan fingerprint density at radius 2 is 1.98 bits per heavy atom. The summed E-state index contributed by atoms with van der Waals surface area (Å²) in [4.78, 5) is 22.7. The van der Waals surface area contributed by atoms with Crippen molar-refractivity contribution in [3.05, 3.63) is 53.5 Å². The number of fused-ring (bicyclic) bond motifs is 1. The zero-order valence-corrected chi connectivity index (χ0v) is 24.4. The van der Waals surface area contributed by atoms with Crippen LogP contribution >= 0.6 is 18.2 Å². The molecule has 0 radical (unpaired) electrons. The lowest BCUT2D eigenvalue weighted by atomic mass is 9.94. The molecule has 0 amide bonds. The molecule has 1 saturated heterocycles. The van der Waals surface area contributed by atoms with Crippen molar-refractivity contribution in [3.63, 3.8) is 0 Å². The summed E-state index contributed by atoms with van der Waals surface area (Å²) in [5.41, 5.74) is 3.63. The molecule has 3 aromatic rings. The van der Waals surface area contributed by atoms with E-state index >= 15 is 0 Å². The minimum atomic E-state index is -3.79. The van der Waals surface area contributed by atoms with Crippen molar-refractivity contribution in [2.45, 2.75) is 57.5 Å². The van der Waals surface area contributed by atoms with E-state index in [9.17, 15) is 20.2 Å². The standard InChI is InChI=1S/C23H30ClN6O8PS/c1-12(2)36-20(37-14-8-6-5-7-9-14)13(3)29-39(34,40)35-10-15-17(31)22(4,32)23(33,38-15)30-11-26-16-18(24)27-21(25)28-19(16)30/h5-9,11-12,15,17,31-33H,10H2,1-4H3,(H2,25,27,28)(H2,29,34,40)/t15-,17-,22-,23+,39?/m1/s1. The third-order valence-electron chi connectivity index (χ3n) is 5.93.